The largest absolute Gasteiger partial charge is 0.501 e. The molecule has 1 rings (SSSR count). The van der Waals surface area contributed by atoms with E-state index in [1.54, 1.807) is 0 Å². The van der Waals surface area contributed by atoms with Crippen LogP contribution in [0.15, 0.2) is 6.20 Å². The van der Waals surface area contributed by atoms with Gasteiger partial charge in [-0.25, -0.2) is 8.78 Å². The van der Waals surface area contributed by atoms with Crippen LogP contribution in [0.1, 0.15) is 17.7 Å². The molecule has 0 saturated heterocycles. The van der Waals surface area contributed by atoms with Gasteiger partial charge in [0.05, 0.1) is 10.5 Å². The Morgan fingerprint density at radius 3 is 2.67 bits per heavy atom. The molecule has 0 aliphatic rings. The van der Waals surface area contributed by atoms with Crippen molar-refractivity contribution in [2.75, 3.05) is 0 Å². The Morgan fingerprint density at radius 1 is 1.67 bits per heavy atom. The Bertz CT molecular complexity index is 400. The summed E-state index contributed by atoms with van der Waals surface area (Å²) in [4.78, 5) is 12.9. The lowest BCUT2D eigenvalue weighted by atomic mass is 10.2. The van der Waals surface area contributed by atoms with Gasteiger partial charge in [0.15, 0.2) is 5.69 Å². The Kier molecular flexibility index (Phi) is 3.51. The molecular formula is C7H5BrF2N2O3. The molecule has 82 valence electrons. The molecule has 0 aromatic carbocycles. The number of aromatic hydroxyl groups is 1. The van der Waals surface area contributed by atoms with E-state index in [0.29, 0.717) is 0 Å². The smallest absolute Gasteiger partial charge is 0.318 e. The summed E-state index contributed by atoms with van der Waals surface area (Å²) in [5.74, 6) is -1.08. The van der Waals surface area contributed by atoms with E-state index in [-0.39, 0.29) is 10.9 Å². The van der Waals surface area contributed by atoms with E-state index < -0.39 is 28.5 Å². The third-order valence-corrected chi connectivity index (χ3v) is 2.27. The van der Waals surface area contributed by atoms with Crippen LogP contribution in [0.4, 0.5) is 14.5 Å². The molecule has 1 heterocycles. The summed E-state index contributed by atoms with van der Waals surface area (Å²) >= 11 is 2.93. The van der Waals surface area contributed by atoms with E-state index in [1.165, 1.54) is 0 Å². The van der Waals surface area contributed by atoms with Crippen LogP contribution in [0.2, 0.25) is 0 Å². The molecule has 8 heteroatoms. The van der Waals surface area contributed by atoms with Crippen molar-refractivity contribution in [3.05, 3.63) is 27.6 Å². The highest BCUT2D eigenvalue weighted by atomic mass is 79.9. The third kappa shape index (κ3) is 2.20. The van der Waals surface area contributed by atoms with Crippen LogP contribution < -0.4 is 0 Å². The molecule has 0 bridgehead atoms. The van der Waals surface area contributed by atoms with E-state index in [1.807, 2.05) is 0 Å². The maximum absolute atomic E-state index is 12.3. The van der Waals surface area contributed by atoms with Crippen molar-refractivity contribution in [1.29, 1.82) is 0 Å². The second-order valence-corrected chi connectivity index (χ2v) is 3.12. The van der Waals surface area contributed by atoms with Crippen molar-refractivity contribution in [3.63, 3.8) is 0 Å². The van der Waals surface area contributed by atoms with E-state index >= 15 is 0 Å². The fourth-order valence-corrected chi connectivity index (χ4v) is 1.41. The monoisotopic (exact) mass is 282 g/mol. The molecule has 1 N–H and O–H groups in total. The number of halogens is 3. The summed E-state index contributed by atoms with van der Waals surface area (Å²) in [5, 5.41) is 19.8. The van der Waals surface area contributed by atoms with Gasteiger partial charge in [0, 0.05) is 11.5 Å². The molecule has 0 aliphatic heterocycles. The van der Waals surface area contributed by atoms with Gasteiger partial charge in [0.25, 0.3) is 6.43 Å². The molecule has 0 aliphatic carbocycles. The Labute approximate surface area is 91.0 Å². The molecular weight excluding hydrogens is 278 g/mol. The number of pyridine rings is 1. The maximum atomic E-state index is 12.3. The van der Waals surface area contributed by atoms with Gasteiger partial charge >= 0.3 is 5.69 Å². The first-order valence-electron chi connectivity index (χ1n) is 3.68. The highest BCUT2D eigenvalue weighted by molar-refractivity contribution is 9.08. The zero-order valence-corrected chi connectivity index (χ0v) is 8.74. The average molecular weight is 283 g/mol. The van der Waals surface area contributed by atoms with E-state index in [0.717, 1.165) is 6.20 Å². The van der Waals surface area contributed by atoms with Crippen LogP contribution >= 0.6 is 15.9 Å². The van der Waals surface area contributed by atoms with Gasteiger partial charge in [-0.15, -0.1) is 0 Å². The molecule has 0 saturated carbocycles. The lowest BCUT2D eigenvalue weighted by molar-refractivity contribution is -0.386. The first kappa shape index (κ1) is 11.8. The molecule has 0 fully saturated rings. The molecule has 15 heavy (non-hydrogen) atoms. The second-order valence-electron chi connectivity index (χ2n) is 2.56. The third-order valence-electron chi connectivity index (χ3n) is 1.66. The Hall–Kier alpha value is -1.31. The fourth-order valence-electron chi connectivity index (χ4n) is 1.00. The molecule has 0 unspecified atom stereocenters. The van der Waals surface area contributed by atoms with Crippen LogP contribution in [-0.2, 0) is 5.33 Å². The summed E-state index contributed by atoms with van der Waals surface area (Å²) in [5.41, 5.74) is -1.68. The number of rotatable bonds is 3. The predicted molar refractivity (Wildman–Crippen MR) is 50.1 cm³/mol. The van der Waals surface area contributed by atoms with Crippen molar-refractivity contribution >= 4 is 21.6 Å². The van der Waals surface area contributed by atoms with Crippen molar-refractivity contribution in [1.82, 2.24) is 4.98 Å². The second kappa shape index (κ2) is 4.47. The highest BCUT2D eigenvalue weighted by Crippen LogP contribution is 2.37. The van der Waals surface area contributed by atoms with Crippen molar-refractivity contribution in [3.8, 4) is 5.75 Å². The number of hydrogen-bond acceptors (Lipinski definition) is 4. The van der Waals surface area contributed by atoms with Gasteiger partial charge in [0.1, 0.15) is 0 Å². The highest BCUT2D eigenvalue weighted by Gasteiger charge is 2.27. The van der Waals surface area contributed by atoms with Crippen LogP contribution in [0, 0.1) is 10.1 Å². The topological polar surface area (TPSA) is 76.3 Å². The molecule has 1 aromatic heterocycles. The van der Waals surface area contributed by atoms with Crippen molar-refractivity contribution in [2.45, 2.75) is 11.8 Å². The predicted octanol–water partition coefficient (Wildman–Crippen LogP) is 2.53. The van der Waals surface area contributed by atoms with Crippen LogP contribution in [0.3, 0.4) is 0 Å². The maximum Gasteiger partial charge on any atom is 0.318 e. The normalized spacial score (nSPS) is 10.7. The van der Waals surface area contributed by atoms with Gasteiger partial charge in [-0.05, 0) is 0 Å². The Morgan fingerprint density at radius 2 is 2.27 bits per heavy atom. The van der Waals surface area contributed by atoms with Gasteiger partial charge in [-0.2, -0.15) is 0 Å². The van der Waals surface area contributed by atoms with E-state index in [9.17, 15) is 24.0 Å². The van der Waals surface area contributed by atoms with Crippen LogP contribution in [0.25, 0.3) is 0 Å². The number of nitro groups is 1. The number of aromatic nitrogens is 1. The minimum Gasteiger partial charge on any atom is -0.501 e. The molecule has 5 nitrogen and oxygen atoms in total. The van der Waals surface area contributed by atoms with Gasteiger partial charge in [-0.1, -0.05) is 15.9 Å². The SMILES string of the molecule is O=[N+]([O-])c1c(CBr)cnc(C(F)F)c1O. The lowest BCUT2D eigenvalue weighted by Gasteiger charge is -2.05. The van der Waals surface area contributed by atoms with Gasteiger partial charge in [-0.3, -0.25) is 15.1 Å². The molecule has 0 spiro atoms. The zero-order chi connectivity index (χ0) is 11.6. The fraction of sp³-hybridized carbons (Fsp3) is 0.286. The first-order valence-corrected chi connectivity index (χ1v) is 4.80. The molecule has 0 amide bonds. The van der Waals surface area contributed by atoms with E-state index in [4.69, 9.17) is 0 Å². The Balaban J connectivity index is 3.42. The van der Waals surface area contributed by atoms with Gasteiger partial charge < -0.3 is 5.11 Å². The number of alkyl halides is 3. The number of nitrogens with zero attached hydrogens (tertiary/aromatic N) is 2. The molecule has 0 atom stereocenters. The van der Waals surface area contributed by atoms with Crippen molar-refractivity contribution in [2.24, 2.45) is 0 Å². The lowest BCUT2D eigenvalue weighted by Crippen LogP contribution is -2.00. The molecule has 0 radical (unpaired) electrons. The molecule has 1 aromatic rings. The van der Waals surface area contributed by atoms with Crippen LogP contribution in [0.5, 0.6) is 5.75 Å². The van der Waals surface area contributed by atoms with Crippen molar-refractivity contribution < 1.29 is 18.8 Å². The summed E-state index contributed by atoms with van der Waals surface area (Å²) < 4.78 is 24.5. The zero-order valence-electron chi connectivity index (χ0n) is 7.15. The summed E-state index contributed by atoms with van der Waals surface area (Å²) in [6, 6.07) is 0. The standard InChI is InChI=1S/C7H5BrF2N2O3/c8-1-3-2-11-4(7(9)10)6(13)5(3)12(14)15/h2,7,13H,1H2. The quantitative estimate of drug-likeness (QED) is 0.525. The summed E-state index contributed by atoms with van der Waals surface area (Å²) in [6.07, 6.45) is -2.11. The first-order chi connectivity index (χ1) is 6.99. The van der Waals surface area contributed by atoms with Gasteiger partial charge in [0.2, 0.25) is 5.75 Å². The minimum atomic E-state index is -3.05. The average Bonchev–Trinajstić information content (AvgIpc) is 2.15. The van der Waals surface area contributed by atoms with E-state index in [2.05, 4.69) is 20.9 Å². The summed E-state index contributed by atoms with van der Waals surface area (Å²) in [6.45, 7) is 0. The minimum absolute atomic E-state index is 0.0434. The van der Waals surface area contributed by atoms with Crippen LogP contribution in [-0.4, -0.2) is 15.0 Å². The summed E-state index contributed by atoms with van der Waals surface area (Å²) in [7, 11) is 0. The number of hydrogen-bond donors (Lipinski definition) is 1.